The van der Waals surface area contributed by atoms with Crippen LogP contribution in [0, 0.1) is 0 Å². The van der Waals surface area contributed by atoms with E-state index >= 15 is 0 Å². The lowest BCUT2D eigenvalue weighted by molar-refractivity contribution is 0.0532. The summed E-state index contributed by atoms with van der Waals surface area (Å²) in [5, 5.41) is 2.88. The highest BCUT2D eigenvalue weighted by molar-refractivity contribution is 7.14. The Balaban J connectivity index is 2.08. The fraction of sp³-hybridized carbons (Fsp3) is 0.625. The maximum absolute atomic E-state index is 5.56. The van der Waals surface area contributed by atoms with E-state index in [9.17, 15) is 0 Å². The molecule has 1 aromatic rings. The fourth-order valence-electron chi connectivity index (χ4n) is 1.41. The van der Waals surface area contributed by atoms with Gasteiger partial charge in [-0.15, -0.1) is 11.3 Å². The minimum atomic E-state index is 0.291. The van der Waals surface area contributed by atoms with Crippen LogP contribution in [-0.2, 0) is 4.74 Å². The van der Waals surface area contributed by atoms with Gasteiger partial charge >= 0.3 is 0 Å². The molecule has 0 aromatic carbocycles. The largest absolute Gasteiger partial charge is 0.383 e. The van der Waals surface area contributed by atoms with E-state index < -0.39 is 0 Å². The average Bonchev–Trinajstić information content (AvgIpc) is 2.52. The Labute approximate surface area is 81.3 Å². The van der Waals surface area contributed by atoms with Gasteiger partial charge in [-0.1, -0.05) is 0 Å². The number of thiazole rings is 1. The number of nitrogen functional groups attached to an aromatic ring is 1. The first kappa shape index (κ1) is 8.77. The van der Waals surface area contributed by atoms with Crippen molar-refractivity contribution < 1.29 is 4.74 Å². The van der Waals surface area contributed by atoms with Crippen LogP contribution in [0.4, 0.5) is 10.9 Å². The highest BCUT2D eigenvalue weighted by Gasteiger charge is 2.18. The van der Waals surface area contributed by atoms with Crippen LogP contribution in [0.5, 0.6) is 0 Å². The molecule has 1 aliphatic rings. The van der Waals surface area contributed by atoms with Gasteiger partial charge in [-0.05, 0) is 6.92 Å². The monoisotopic (exact) mass is 199 g/mol. The number of nitrogens with two attached hydrogens (primary N) is 1. The second-order valence-corrected chi connectivity index (χ2v) is 4.02. The van der Waals surface area contributed by atoms with Crippen LogP contribution >= 0.6 is 11.3 Å². The van der Waals surface area contributed by atoms with E-state index in [0.717, 1.165) is 24.8 Å². The molecule has 0 saturated carbocycles. The van der Waals surface area contributed by atoms with Crippen molar-refractivity contribution in [2.45, 2.75) is 13.0 Å². The molecule has 2 heterocycles. The Morgan fingerprint density at radius 1 is 1.77 bits per heavy atom. The number of anilines is 2. The molecule has 4 nitrogen and oxygen atoms in total. The lowest BCUT2D eigenvalue weighted by Crippen LogP contribution is -2.41. The van der Waals surface area contributed by atoms with E-state index in [1.54, 1.807) is 11.3 Å². The molecule has 0 bridgehead atoms. The Bertz CT molecular complexity index is 289. The molecule has 13 heavy (non-hydrogen) atoms. The number of rotatable bonds is 1. The summed E-state index contributed by atoms with van der Waals surface area (Å²) < 4.78 is 5.44. The first-order valence-corrected chi connectivity index (χ1v) is 5.21. The summed E-state index contributed by atoms with van der Waals surface area (Å²) >= 11 is 1.59. The maximum atomic E-state index is 5.56. The fourth-order valence-corrected chi connectivity index (χ4v) is 2.17. The van der Waals surface area contributed by atoms with E-state index in [4.69, 9.17) is 10.5 Å². The number of morpholine rings is 1. The molecule has 72 valence electrons. The zero-order chi connectivity index (χ0) is 9.26. The molecule has 0 spiro atoms. The summed E-state index contributed by atoms with van der Waals surface area (Å²) in [6, 6.07) is 0. The summed E-state index contributed by atoms with van der Waals surface area (Å²) in [4.78, 5) is 6.45. The molecule has 1 atom stereocenters. The summed E-state index contributed by atoms with van der Waals surface area (Å²) in [6.07, 6.45) is 0.291. The van der Waals surface area contributed by atoms with E-state index in [0.29, 0.717) is 11.9 Å². The molecule has 1 fully saturated rings. The third kappa shape index (κ3) is 1.92. The predicted molar refractivity (Wildman–Crippen MR) is 54.2 cm³/mol. The second kappa shape index (κ2) is 3.51. The minimum Gasteiger partial charge on any atom is -0.383 e. The van der Waals surface area contributed by atoms with Gasteiger partial charge in [0.05, 0.1) is 12.7 Å². The van der Waals surface area contributed by atoms with Gasteiger partial charge in [0.2, 0.25) is 0 Å². The normalized spacial score (nSPS) is 23.5. The van der Waals surface area contributed by atoms with Crippen LogP contribution in [0.3, 0.4) is 0 Å². The third-order valence-corrected chi connectivity index (χ3v) is 2.94. The first-order chi connectivity index (χ1) is 6.25. The van der Waals surface area contributed by atoms with Gasteiger partial charge < -0.3 is 15.4 Å². The molecule has 2 N–H and O–H groups in total. The number of nitrogens with zero attached hydrogens (tertiary/aromatic N) is 2. The number of hydrogen-bond acceptors (Lipinski definition) is 5. The van der Waals surface area contributed by atoms with Crippen molar-refractivity contribution in [3.05, 3.63) is 5.38 Å². The van der Waals surface area contributed by atoms with Gasteiger partial charge in [0, 0.05) is 18.5 Å². The maximum Gasteiger partial charge on any atom is 0.187 e. The van der Waals surface area contributed by atoms with Gasteiger partial charge in [-0.25, -0.2) is 4.98 Å². The van der Waals surface area contributed by atoms with Gasteiger partial charge in [0.1, 0.15) is 5.82 Å². The van der Waals surface area contributed by atoms with Crippen LogP contribution in [0.2, 0.25) is 0 Å². The van der Waals surface area contributed by atoms with Crippen molar-refractivity contribution in [1.82, 2.24) is 4.98 Å². The molecule has 0 radical (unpaired) electrons. The topological polar surface area (TPSA) is 51.4 Å². The third-order valence-electron chi connectivity index (χ3n) is 2.02. The van der Waals surface area contributed by atoms with Crippen LogP contribution in [-0.4, -0.2) is 30.8 Å². The van der Waals surface area contributed by atoms with Crippen molar-refractivity contribution >= 4 is 22.3 Å². The van der Waals surface area contributed by atoms with Crippen molar-refractivity contribution in [3.8, 4) is 0 Å². The molecule has 5 heteroatoms. The van der Waals surface area contributed by atoms with Crippen molar-refractivity contribution in [2.75, 3.05) is 30.3 Å². The molecule has 1 unspecified atom stereocenters. The quantitative estimate of drug-likeness (QED) is 0.731. The van der Waals surface area contributed by atoms with E-state index in [2.05, 4.69) is 16.8 Å². The number of aromatic nitrogens is 1. The lowest BCUT2D eigenvalue weighted by Gasteiger charge is -2.30. The standard InChI is InChI=1S/C8H13N3OS/c1-6-4-11(2-3-12-6)8-10-7(9)5-13-8/h5-6H,2-4,9H2,1H3. The molecular formula is C8H13N3OS. The van der Waals surface area contributed by atoms with Crippen LogP contribution in [0.15, 0.2) is 5.38 Å². The molecule has 1 saturated heterocycles. The summed E-state index contributed by atoms with van der Waals surface area (Å²) in [7, 11) is 0. The molecule has 0 aliphatic carbocycles. The molecule has 1 aromatic heterocycles. The minimum absolute atomic E-state index is 0.291. The molecule has 0 amide bonds. The first-order valence-electron chi connectivity index (χ1n) is 4.33. The second-order valence-electron chi connectivity index (χ2n) is 3.18. The summed E-state index contributed by atoms with van der Waals surface area (Å²) in [5.74, 6) is 0.610. The molecule has 1 aliphatic heterocycles. The Morgan fingerprint density at radius 3 is 3.23 bits per heavy atom. The number of hydrogen-bond donors (Lipinski definition) is 1. The predicted octanol–water partition coefficient (Wildman–Crippen LogP) is 0.950. The lowest BCUT2D eigenvalue weighted by atomic mass is 10.3. The van der Waals surface area contributed by atoms with Gasteiger partial charge in [-0.2, -0.15) is 0 Å². The highest BCUT2D eigenvalue weighted by Crippen LogP contribution is 2.23. The number of ether oxygens (including phenoxy) is 1. The van der Waals surface area contributed by atoms with Crippen LogP contribution in [0.1, 0.15) is 6.92 Å². The van der Waals surface area contributed by atoms with E-state index in [1.807, 2.05) is 5.38 Å². The van der Waals surface area contributed by atoms with Gasteiger partial charge in [0.15, 0.2) is 5.13 Å². The highest BCUT2D eigenvalue weighted by atomic mass is 32.1. The summed E-state index contributed by atoms with van der Waals surface area (Å²) in [5.41, 5.74) is 5.56. The molecule has 2 rings (SSSR count). The SMILES string of the molecule is CC1CN(c2nc(N)cs2)CCO1. The van der Waals surface area contributed by atoms with E-state index in [1.165, 1.54) is 0 Å². The Kier molecular flexibility index (Phi) is 2.37. The van der Waals surface area contributed by atoms with Crippen molar-refractivity contribution in [2.24, 2.45) is 0 Å². The molecular weight excluding hydrogens is 186 g/mol. The Hall–Kier alpha value is -0.810. The van der Waals surface area contributed by atoms with Crippen LogP contribution < -0.4 is 10.6 Å². The van der Waals surface area contributed by atoms with Crippen molar-refractivity contribution in [1.29, 1.82) is 0 Å². The average molecular weight is 199 g/mol. The van der Waals surface area contributed by atoms with E-state index in [-0.39, 0.29) is 0 Å². The Morgan fingerprint density at radius 2 is 2.62 bits per heavy atom. The van der Waals surface area contributed by atoms with Gasteiger partial charge in [0.25, 0.3) is 0 Å². The van der Waals surface area contributed by atoms with Crippen molar-refractivity contribution in [3.63, 3.8) is 0 Å². The zero-order valence-corrected chi connectivity index (χ0v) is 8.38. The summed E-state index contributed by atoms with van der Waals surface area (Å²) in [6.45, 7) is 4.67. The smallest absolute Gasteiger partial charge is 0.187 e. The van der Waals surface area contributed by atoms with Gasteiger partial charge in [-0.3, -0.25) is 0 Å². The zero-order valence-electron chi connectivity index (χ0n) is 7.56. The van der Waals surface area contributed by atoms with Crippen LogP contribution in [0.25, 0.3) is 0 Å².